The van der Waals surface area contributed by atoms with E-state index in [0.29, 0.717) is 10.7 Å². The molecule has 4 rings (SSSR count). The second kappa shape index (κ2) is 11.7. The van der Waals surface area contributed by atoms with E-state index in [0.717, 1.165) is 16.4 Å². The molecule has 206 valence electrons. The van der Waals surface area contributed by atoms with Crippen LogP contribution in [-0.2, 0) is 24.8 Å². The van der Waals surface area contributed by atoms with Crippen molar-refractivity contribution in [2.75, 3.05) is 20.9 Å². The zero-order valence-corrected chi connectivity index (χ0v) is 22.9. The fourth-order valence-electron chi connectivity index (χ4n) is 3.63. The van der Waals surface area contributed by atoms with Crippen LogP contribution in [0.2, 0.25) is 5.02 Å². The molecule has 0 unspecified atom stereocenters. The van der Waals surface area contributed by atoms with Crippen LogP contribution in [0, 0.1) is 10.1 Å². The molecule has 0 atom stereocenters. The smallest absolute Gasteiger partial charge is 0.289 e. The zero-order valence-electron chi connectivity index (χ0n) is 20.5. The van der Waals surface area contributed by atoms with Crippen molar-refractivity contribution < 1.29 is 26.6 Å². The highest BCUT2D eigenvalue weighted by Crippen LogP contribution is 2.30. The summed E-state index contributed by atoms with van der Waals surface area (Å²) in [5, 5.41) is 14.5. The standard InChI is InChI=1S/C26H21ClN4O7S2/c27-19-10-12-21(13-11-19)29-39(35,36)23-16-14-20(15-17-23)28-26(32)18-30(22-6-2-1-3-7-22)40(37,38)25-9-5-4-8-24(25)31(33)34/h1-17,29H,18H2,(H,28,32). The third-order valence-corrected chi connectivity index (χ3v) is 8.98. The van der Waals surface area contributed by atoms with Crippen LogP contribution in [0.4, 0.5) is 22.7 Å². The average molecular weight is 601 g/mol. The summed E-state index contributed by atoms with van der Waals surface area (Å²) < 4.78 is 55.6. The van der Waals surface area contributed by atoms with Crippen molar-refractivity contribution >= 4 is 60.3 Å². The Hall–Kier alpha value is -4.46. The fraction of sp³-hybridized carbons (Fsp3) is 0.0385. The highest BCUT2D eigenvalue weighted by atomic mass is 35.5. The predicted molar refractivity (Wildman–Crippen MR) is 151 cm³/mol. The summed E-state index contributed by atoms with van der Waals surface area (Å²) in [5.41, 5.74) is -0.00690. The van der Waals surface area contributed by atoms with Gasteiger partial charge in [-0.05, 0) is 66.7 Å². The summed E-state index contributed by atoms with van der Waals surface area (Å²) in [7, 11) is -8.48. The maximum absolute atomic E-state index is 13.5. The SMILES string of the molecule is O=C(CN(c1ccccc1)S(=O)(=O)c1ccccc1[N+](=O)[O-])Nc1ccc(S(=O)(=O)Nc2ccc(Cl)cc2)cc1. The minimum Gasteiger partial charge on any atom is -0.325 e. The zero-order chi connectivity index (χ0) is 28.9. The van der Waals surface area contributed by atoms with Gasteiger partial charge in [-0.25, -0.2) is 16.8 Å². The Morgan fingerprint density at radius 1 is 0.800 bits per heavy atom. The van der Waals surface area contributed by atoms with E-state index in [1.165, 1.54) is 72.8 Å². The molecule has 40 heavy (non-hydrogen) atoms. The molecule has 4 aromatic rings. The highest BCUT2D eigenvalue weighted by Gasteiger charge is 2.33. The molecule has 0 aromatic heterocycles. The van der Waals surface area contributed by atoms with Gasteiger partial charge >= 0.3 is 0 Å². The number of carbonyl (C=O) groups is 1. The number of rotatable bonds is 10. The quantitative estimate of drug-likeness (QED) is 0.194. The second-order valence-electron chi connectivity index (χ2n) is 8.26. The van der Waals surface area contributed by atoms with Gasteiger partial charge in [0, 0.05) is 22.5 Å². The van der Waals surface area contributed by atoms with Gasteiger partial charge in [-0.3, -0.25) is 23.9 Å². The summed E-state index contributed by atoms with van der Waals surface area (Å²) in [6, 6.07) is 23.8. The Morgan fingerprint density at radius 2 is 1.38 bits per heavy atom. The van der Waals surface area contributed by atoms with Gasteiger partial charge < -0.3 is 5.32 Å². The first-order chi connectivity index (χ1) is 19.0. The molecule has 0 saturated heterocycles. The lowest BCUT2D eigenvalue weighted by Crippen LogP contribution is -2.38. The van der Waals surface area contributed by atoms with E-state index < -0.39 is 48.0 Å². The van der Waals surface area contributed by atoms with E-state index in [-0.39, 0.29) is 16.3 Å². The first-order valence-corrected chi connectivity index (χ1v) is 14.8. The van der Waals surface area contributed by atoms with E-state index in [4.69, 9.17) is 11.6 Å². The molecule has 2 N–H and O–H groups in total. The number of nitro benzene ring substituents is 1. The number of hydrogen-bond donors (Lipinski definition) is 2. The Morgan fingerprint density at radius 3 is 2.00 bits per heavy atom. The first kappa shape index (κ1) is 28.5. The number of hydrogen-bond acceptors (Lipinski definition) is 7. The molecule has 0 saturated carbocycles. The van der Waals surface area contributed by atoms with Crippen LogP contribution in [0.3, 0.4) is 0 Å². The van der Waals surface area contributed by atoms with Gasteiger partial charge in [0.15, 0.2) is 4.90 Å². The molecule has 11 nitrogen and oxygen atoms in total. The lowest BCUT2D eigenvalue weighted by atomic mass is 10.3. The van der Waals surface area contributed by atoms with Gasteiger partial charge in [-0.2, -0.15) is 0 Å². The van der Waals surface area contributed by atoms with E-state index >= 15 is 0 Å². The Bertz CT molecular complexity index is 1750. The largest absolute Gasteiger partial charge is 0.325 e. The molecular weight excluding hydrogens is 580 g/mol. The van der Waals surface area contributed by atoms with Crippen molar-refractivity contribution in [2.24, 2.45) is 0 Å². The normalized spacial score (nSPS) is 11.4. The number of anilines is 3. The summed E-state index contributed by atoms with van der Waals surface area (Å²) in [4.78, 5) is 23.0. The molecule has 0 aliphatic rings. The number of para-hydroxylation sites is 2. The molecule has 0 fully saturated rings. The fourth-order valence-corrected chi connectivity index (χ4v) is 6.40. The van der Waals surface area contributed by atoms with Crippen LogP contribution in [0.15, 0.2) is 113 Å². The monoisotopic (exact) mass is 600 g/mol. The van der Waals surface area contributed by atoms with Crippen LogP contribution in [0.5, 0.6) is 0 Å². The molecule has 0 heterocycles. The number of nitro groups is 1. The maximum Gasteiger partial charge on any atom is 0.289 e. The minimum absolute atomic E-state index is 0.0784. The maximum atomic E-state index is 13.5. The van der Waals surface area contributed by atoms with Gasteiger partial charge in [-0.1, -0.05) is 41.9 Å². The van der Waals surface area contributed by atoms with Gasteiger partial charge in [0.05, 0.1) is 15.5 Å². The summed E-state index contributed by atoms with van der Waals surface area (Å²) in [6.07, 6.45) is 0. The lowest BCUT2D eigenvalue weighted by Gasteiger charge is -2.24. The molecule has 0 aliphatic carbocycles. The lowest BCUT2D eigenvalue weighted by molar-refractivity contribution is -0.387. The number of nitrogens with zero attached hydrogens (tertiary/aromatic N) is 2. The number of sulfonamides is 2. The van der Waals surface area contributed by atoms with Crippen LogP contribution in [-0.4, -0.2) is 34.2 Å². The predicted octanol–water partition coefficient (Wildman–Crippen LogP) is 4.88. The Kier molecular flexibility index (Phi) is 8.38. The number of nitrogens with one attached hydrogen (secondary N) is 2. The number of halogens is 1. The van der Waals surface area contributed by atoms with Crippen molar-refractivity contribution in [3.05, 3.63) is 118 Å². The van der Waals surface area contributed by atoms with E-state index in [1.54, 1.807) is 18.2 Å². The van der Waals surface area contributed by atoms with Crippen LogP contribution >= 0.6 is 11.6 Å². The topological polar surface area (TPSA) is 156 Å². The molecule has 0 aliphatic heterocycles. The molecule has 0 spiro atoms. The number of benzene rings is 4. The summed E-state index contributed by atoms with van der Waals surface area (Å²) in [6.45, 7) is -0.712. The molecule has 1 amide bonds. The van der Waals surface area contributed by atoms with Gasteiger partial charge in [0.25, 0.3) is 25.7 Å². The van der Waals surface area contributed by atoms with Gasteiger partial charge in [-0.15, -0.1) is 0 Å². The van der Waals surface area contributed by atoms with E-state index in [9.17, 15) is 31.7 Å². The molecule has 4 aromatic carbocycles. The minimum atomic E-state index is -4.54. The summed E-state index contributed by atoms with van der Waals surface area (Å²) >= 11 is 5.83. The third kappa shape index (κ3) is 6.57. The van der Waals surface area contributed by atoms with Gasteiger partial charge in [0.2, 0.25) is 5.91 Å². The van der Waals surface area contributed by atoms with E-state index in [2.05, 4.69) is 10.0 Å². The highest BCUT2D eigenvalue weighted by molar-refractivity contribution is 7.93. The first-order valence-electron chi connectivity index (χ1n) is 11.5. The molecular formula is C26H21ClN4O7S2. The molecule has 0 radical (unpaired) electrons. The van der Waals surface area contributed by atoms with Crippen molar-refractivity contribution in [1.82, 2.24) is 0 Å². The number of amides is 1. The molecule has 14 heteroatoms. The second-order valence-corrected chi connectivity index (χ2v) is 12.2. The van der Waals surface area contributed by atoms with Crippen molar-refractivity contribution in [2.45, 2.75) is 9.79 Å². The molecule has 0 bridgehead atoms. The van der Waals surface area contributed by atoms with Crippen molar-refractivity contribution in [3.63, 3.8) is 0 Å². The Labute approximate surface area is 235 Å². The van der Waals surface area contributed by atoms with Crippen LogP contribution in [0.25, 0.3) is 0 Å². The third-order valence-electron chi connectivity index (χ3n) is 5.51. The van der Waals surface area contributed by atoms with Gasteiger partial charge in [0.1, 0.15) is 6.54 Å². The van der Waals surface area contributed by atoms with Crippen LogP contribution < -0.4 is 14.3 Å². The average Bonchev–Trinajstić information content (AvgIpc) is 2.93. The van der Waals surface area contributed by atoms with Crippen molar-refractivity contribution in [1.29, 1.82) is 0 Å². The van der Waals surface area contributed by atoms with E-state index in [1.807, 2.05) is 0 Å². The number of carbonyl (C=O) groups excluding carboxylic acids is 1. The Balaban J connectivity index is 1.55. The van der Waals surface area contributed by atoms with Crippen LogP contribution in [0.1, 0.15) is 0 Å². The van der Waals surface area contributed by atoms with Crippen molar-refractivity contribution in [3.8, 4) is 0 Å². The summed E-state index contributed by atoms with van der Waals surface area (Å²) in [5.74, 6) is -0.763.